The molecule has 1 atom stereocenters. The largest absolute Gasteiger partial charge is 0.480 e. The summed E-state index contributed by atoms with van der Waals surface area (Å²) >= 11 is 5.08. The number of carbonyl (C=O) groups is 2. The molecule has 1 N–H and O–H groups in total. The Kier molecular flexibility index (Phi) is 6.72. The smallest absolute Gasteiger partial charge is 0.328 e. The van der Waals surface area contributed by atoms with E-state index in [0.29, 0.717) is 19.6 Å². The van der Waals surface area contributed by atoms with Crippen LogP contribution in [0.3, 0.4) is 0 Å². The molecule has 5 nitrogen and oxygen atoms in total. The van der Waals surface area contributed by atoms with Gasteiger partial charge in [0.2, 0.25) is 5.91 Å². The van der Waals surface area contributed by atoms with Crippen LogP contribution in [0.4, 0.5) is 0 Å². The number of amides is 1. The van der Waals surface area contributed by atoms with Gasteiger partial charge in [-0.05, 0) is 36.4 Å². The van der Waals surface area contributed by atoms with Crippen molar-refractivity contribution >= 4 is 39.6 Å². The highest BCUT2D eigenvalue weighted by molar-refractivity contribution is 9.10. The summed E-state index contributed by atoms with van der Waals surface area (Å²) in [4.78, 5) is 25.9. The van der Waals surface area contributed by atoms with Crippen molar-refractivity contribution in [2.24, 2.45) is 0 Å². The molecule has 22 heavy (non-hydrogen) atoms. The minimum Gasteiger partial charge on any atom is -0.480 e. The Balaban J connectivity index is 1.74. The highest BCUT2D eigenvalue weighted by Crippen LogP contribution is 2.22. The van der Waals surface area contributed by atoms with Crippen LogP contribution in [-0.2, 0) is 14.3 Å². The number of aliphatic carboxylic acids is 1. The second-order valence-corrected chi connectivity index (χ2v) is 7.01. The molecule has 0 bridgehead atoms. The average molecular weight is 388 g/mol. The van der Waals surface area contributed by atoms with Crippen LogP contribution in [-0.4, -0.2) is 53.4 Å². The number of thioether (sulfide) groups is 1. The summed E-state index contributed by atoms with van der Waals surface area (Å²) < 4.78 is 6.18. The van der Waals surface area contributed by atoms with Crippen molar-refractivity contribution in [1.82, 2.24) is 4.90 Å². The first-order chi connectivity index (χ1) is 10.6. The van der Waals surface area contributed by atoms with Gasteiger partial charge in [-0.3, -0.25) is 4.79 Å². The van der Waals surface area contributed by atoms with E-state index in [1.54, 1.807) is 11.8 Å². The number of rotatable bonds is 6. The Bertz CT molecular complexity index is 523. The number of nitrogens with zero attached hydrogens (tertiary/aromatic N) is 1. The van der Waals surface area contributed by atoms with Crippen LogP contribution in [0.1, 0.15) is 12.8 Å². The zero-order valence-electron chi connectivity index (χ0n) is 12.0. The number of hydrogen-bond acceptors (Lipinski definition) is 4. The SMILES string of the molecule is O=C(O)C1COCCN1C(=O)CCCSc1ccc(Br)cc1. The summed E-state index contributed by atoms with van der Waals surface area (Å²) in [6.45, 7) is 0.841. The van der Waals surface area contributed by atoms with E-state index in [9.17, 15) is 9.59 Å². The van der Waals surface area contributed by atoms with E-state index in [0.717, 1.165) is 21.5 Å². The van der Waals surface area contributed by atoms with E-state index in [1.807, 2.05) is 24.3 Å². The molecule has 2 rings (SSSR count). The Labute approximate surface area is 142 Å². The van der Waals surface area contributed by atoms with Gasteiger partial charge in [0.05, 0.1) is 13.2 Å². The lowest BCUT2D eigenvalue weighted by Crippen LogP contribution is -2.52. The first-order valence-electron chi connectivity index (χ1n) is 7.06. The number of ether oxygens (including phenoxy) is 1. The molecule has 1 aliphatic heterocycles. The molecule has 0 radical (unpaired) electrons. The maximum Gasteiger partial charge on any atom is 0.328 e. The first kappa shape index (κ1) is 17.3. The molecule has 0 aromatic heterocycles. The van der Waals surface area contributed by atoms with Crippen LogP contribution in [0.2, 0.25) is 0 Å². The molecular formula is C15H18BrNO4S. The standard InChI is InChI=1S/C15H18BrNO4S/c16-11-3-5-12(6-4-11)22-9-1-2-14(18)17-7-8-21-10-13(17)15(19)20/h3-6,13H,1-2,7-10H2,(H,19,20). The lowest BCUT2D eigenvalue weighted by atomic mass is 10.2. The molecule has 1 unspecified atom stereocenters. The first-order valence-corrected chi connectivity index (χ1v) is 8.84. The van der Waals surface area contributed by atoms with E-state index in [2.05, 4.69) is 15.9 Å². The van der Waals surface area contributed by atoms with Gasteiger partial charge in [-0.1, -0.05) is 15.9 Å². The van der Waals surface area contributed by atoms with Gasteiger partial charge in [-0.2, -0.15) is 0 Å². The van der Waals surface area contributed by atoms with Crippen molar-refractivity contribution in [1.29, 1.82) is 0 Å². The Morgan fingerprint density at radius 2 is 2.09 bits per heavy atom. The highest BCUT2D eigenvalue weighted by Gasteiger charge is 2.32. The number of carboxylic acids is 1. The number of benzene rings is 1. The third-order valence-corrected chi connectivity index (χ3v) is 4.98. The summed E-state index contributed by atoms with van der Waals surface area (Å²) in [5, 5.41) is 9.12. The minimum absolute atomic E-state index is 0.0781. The maximum atomic E-state index is 12.2. The lowest BCUT2D eigenvalue weighted by molar-refractivity contribution is -0.158. The molecule has 1 amide bonds. The molecule has 1 fully saturated rings. The van der Waals surface area contributed by atoms with Gasteiger partial charge in [0.25, 0.3) is 0 Å². The molecule has 1 heterocycles. The van der Waals surface area contributed by atoms with Crippen LogP contribution < -0.4 is 0 Å². The molecular weight excluding hydrogens is 370 g/mol. The number of hydrogen-bond donors (Lipinski definition) is 1. The maximum absolute atomic E-state index is 12.2. The van der Waals surface area contributed by atoms with E-state index in [1.165, 1.54) is 4.90 Å². The third kappa shape index (κ3) is 5.00. The fourth-order valence-corrected chi connectivity index (χ4v) is 3.31. The molecule has 1 aromatic carbocycles. The average Bonchev–Trinajstić information content (AvgIpc) is 2.53. The van der Waals surface area contributed by atoms with Gasteiger partial charge in [-0.15, -0.1) is 11.8 Å². The van der Waals surface area contributed by atoms with Crippen LogP contribution in [0, 0.1) is 0 Å². The van der Waals surface area contributed by atoms with Crippen LogP contribution in [0.15, 0.2) is 33.6 Å². The van der Waals surface area contributed by atoms with Crippen molar-refractivity contribution in [3.63, 3.8) is 0 Å². The second kappa shape index (κ2) is 8.55. The predicted octanol–water partition coefficient (Wildman–Crippen LogP) is 2.63. The summed E-state index contributed by atoms with van der Waals surface area (Å²) in [5.74, 6) is -0.278. The molecule has 1 aromatic rings. The topological polar surface area (TPSA) is 66.8 Å². The lowest BCUT2D eigenvalue weighted by Gasteiger charge is -2.32. The third-order valence-electron chi connectivity index (χ3n) is 3.35. The quantitative estimate of drug-likeness (QED) is 0.600. The van der Waals surface area contributed by atoms with Gasteiger partial charge in [0, 0.05) is 22.3 Å². The summed E-state index contributed by atoms with van der Waals surface area (Å²) in [7, 11) is 0. The molecule has 0 saturated carbocycles. The van der Waals surface area contributed by atoms with Gasteiger partial charge in [0.1, 0.15) is 0 Å². The van der Waals surface area contributed by atoms with Crippen molar-refractivity contribution in [2.45, 2.75) is 23.8 Å². The number of halogens is 1. The molecule has 1 aliphatic rings. The van der Waals surface area contributed by atoms with E-state index < -0.39 is 12.0 Å². The van der Waals surface area contributed by atoms with Gasteiger partial charge >= 0.3 is 5.97 Å². The summed E-state index contributed by atoms with van der Waals surface area (Å²) in [5.41, 5.74) is 0. The van der Waals surface area contributed by atoms with Crippen molar-refractivity contribution in [2.75, 3.05) is 25.5 Å². The highest BCUT2D eigenvalue weighted by atomic mass is 79.9. The van der Waals surface area contributed by atoms with Crippen molar-refractivity contribution < 1.29 is 19.4 Å². The van der Waals surface area contributed by atoms with Crippen LogP contribution in [0.5, 0.6) is 0 Å². The molecule has 120 valence electrons. The molecule has 7 heteroatoms. The monoisotopic (exact) mass is 387 g/mol. The molecule has 0 spiro atoms. The zero-order valence-corrected chi connectivity index (χ0v) is 14.4. The van der Waals surface area contributed by atoms with E-state index in [-0.39, 0.29) is 12.5 Å². The fraction of sp³-hybridized carbons (Fsp3) is 0.467. The fourth-order valence-electron chi connectivity index (χ4n) is 2.19. The van der Waals surface area contributed by atoms with Gasteiger partial charge < -0.3 is 14.7 Å². The minimum atomic E-state index is -1.00. The Morgan fingerprint density at radius 1 is 1.36 bits per heavy atom. The predicted molar refractivity (Wildman–Crippen MR) is 88.1 cm³/mol. The van der Waals surface area contributed by atoms with Crippen LogP contribution >= 0.6 is 27.7 Å². The van der Waals surface area contributed by atoms with Gasteiger partial charge in [-0.25, -0.2) is 4.79 Å². The zero-order chi connectivity index (χ0) is 15.9. The second-order valence-electron chi connectivity index (χ2n) is 4.92. The number of carboxylic acid groups (broad SMARTS) is 1. The van der Waals surface area contributed by atoms with Crippen molar-refractivity contribution in [3.8, 4) is 0 Å². The Hall–Kier alpha value is -1.05. The summed E-state index contributed by atoms with van der Waals surface area (Å²) in [6.07, 6.45) is 1.09. The van der Waals surface area contributed by atoms with Crippen LogP contribution in [0.25, 0.3) is 0 Å². The number of morpholine rings is 1. The molecule has 1 saturated heterocycles. The molecule has 0 aliphatic carbocycles. The van der Waals surface area contributed by atoms with E-state index in [4.69, 9.17) is 9.84 Å². The normalized spacial score (nSPS) is 18.2. The summed E-state index contributed by atoms with van der Waals surface area (Å²) in [6, 6.07) is 7.18. The van der Waals surface area contributed by atoms with Gasteiger partial charge in [0.15, 0.2) is 6.04 Å². The number of carbonyl (C=O) groups excluding carboxylic acids is 1. The Morgan fingerprint density at radius 3 is 2.77 bits per heavy atom. The van der Waals surface area contributed by atoms with E-state index >= 15 is 0 Å². The van der Waals surface area contributed by atoms with Crippen molar-refractivity contribution in [3.05, 3.63) is 28.7 Å².